The van der Waals surface area contributed by atoms with Crippen molar-refractivity contribution < 1.29 is 0 Å². The van der Waals surface area contributed by atoms with E-state index in [2.05, 4.69) is 28.8 Å². The lowest BCUT2D eigenvalue weighted by atomic mass is 9.93. The van der Waals surface area contributed by atoms with Crippen molar-refractivity contribution in [2.24, 2.45) is 5.73 Å². The van der Waals surface area contributed by atoms with E-state index in [1.54, 1.807) is 5.56 Å². The van der Waals surface area contributed by atoms with Crippen LogP contribution in [-0.2, 0) is 19.3 Å². The smallest absolute Gasteiger partial charge is 0.0488 e. The molecule has 0 spiro atoms. The zero-order chi connectivity index (χ0) is 11.0. The molecule has 0 aliphatic heterocycles. The average Bonchev–Trinajstić information content (AvgIpc) is 2.66. The van der Waals surface area contributed by atoms with Crippen LogP contribution in [0.3, 0.4) is 0 Å². The van der Waals surface area contributed by atoms with Crippen LogP contribution >= 0.6 is 0 Å². The second kappa shape index (κ2) is 3.95. The summed E-state index contributed by atoms with van der Waals surface area (Å²) in [6.45, 7) is 0.751. The predicted octanol–water partition coefficient (Wildman–Crippen LogP) is 2.32. The van der Waals surface area contributed by atoms with Gasteiger partial charge in [0.2, 0.25) is 0 Å². The highest BCUT2D eigenvalue weighted by atomic mass is 14.9. The molecule has 0 unspecified atom stereocenters. The van der Waals surface area contributed by atoms with Crippen molar-refractivity contribution in [2.75, 3.05) is 6.54 Å². The Hall–Kier alpha value is -1.28. The number of hydrogen-bond donors (Lipinski definition) is 1. The number of aryl methyl sites for hydroxylation is 1. The molecule has 2 heteroatoms. The SMILES string of the molecule is NCCc1c2c(n3ccccc13)CCCC2. The Morgan fingerprint density at radius 2 is 2.06 bits per heavy atom. The third kappa shape index (κ3) is 1.37. The Morgan fingerprint density at radius 3 is 2.94 bits per heavy atom. The van der Waals surface area contributed by atoms with Gasteiger partial charge in [-0.3, -0.25) is 0 Å². The van der Waals surface area contributed by atoms with E-state index in [1.165, 1.54) is 42.5 Å². The standard InChI is InChI=1S/C14H18N2/c15-9-8-12-11-5-1-2-6-13(11)16-10-4-3-7-14(12)16/h3-4,7,10H,1-2,5-6,8-9,15H2. The molecular weight excluding hydrogens is 196 g/mol. The first-order valence-corrected chi connectivity index (χ1v) is 6.21. The lowest BCUT2D eigenvalue weighted by Crippen LogP contribution is -2.07. The highest BCUT2D eigenvalue weighted by molar-refractivity contribution is 5.62. The van der Waals surface area contributed by atoms with Crippen molar-refractivity contribution in [3.8, 4) is 0 Å². The minimum atomic E-state index is 0.751. The van der Waals surface area contributed by atoms with Crippen LogP contribution in [0.1, 0.15) is 29.7 Å². The van der Waals surface area contributed by atoms with Gasteiger partial charge in [0, 0.05) is 17.4 Å². The Labute approximate surface area is 96.1 Å². The number of fused-ring (bicyclic) bond motifs is 3. The van der Waals surface area contributed by atoms with Crippen LogP contribution in [0.25, 0.3) is 5.52 Å². The molecule has 0 fully saturated rings. The Kier molecular flexibility index (Phi) is 2.44. The number of nitrogens with zero attached hydrogens (tertiary/aromatic N) is 1. The minimum Gasteiger partial charge on any atom is -0.330 e. The van der Waals surface area contributed by atoms with E-state index in [-0.39, 0.29) is 0 Å². The first-order chi connectivity index (χ1) is 7.92. The number of nitrogens with two attached hydrogens (primary N) is 1. The van der Waals surface area contributed by atoms with Crippen LogP contribution in [0, 0.1) is 0 Å². The molecule has 0 radical (unpaired) electrons. The molecule has 2 aromatic rings. The minimum absolute atomic E-state index is 0.751. The Balaban J connectivity index is 2.28. The van der Waals surface area contributed by atoms with Crippen molar-refractivity contribution in [3.05, 3.63) is 41.2 Å². The fourth-order valence-electron chi connectivity index (χ4n) is 2.98. The van der Waals surface area contributed by atoms with Crippen LogP contribution in [0.5, 0.6) is 0 Å². The maximum Gasteiger partial charge on any atom is 0.0488 e. The van der Waals surface area contributed by atoms with Crippen LogP contribution in [0.4, 0.5) is 0 Å². The van der Waals surface area contributed by atoms with Gasteiger partial charge in [-0.25, -0.2) is 0 Å². The Bertz CT molecular complexity index is 511. The van der Waals surface area contributed by atoms with Gasteiger partial charge >= 0.3 is 0 Å². The van der Waals surface area contributed by atoms with Gasteiger partial charge in [-0.1, -0.05) is 6.07 Å². The van der Waals surface area contributed by atoms with Crippen LogP contribution in [-0.4, -0.2) is 10.9 Å². The summed E-state index contributed by atoms with van der Waals surface area (Å²) in [6, 6.07) is 6.47. The fourth-order valence-corrected chi connectivity index (χ4v) is 2.98. The van der Waals surface area contributed by atoms with Gasteiger partial charge in [0.05, 0.1) is 0 Å². The number of hydrogen-bond acceptors (Lipinski definition) is 1. The molecule has 0 saturated heterocycles. The third-order valence-electron chi connectivity index (χ3n) is 3.66. The van der Waals surface area contributed by atoms with Crippen molar-refractivity contribution in [2.45, 2.75) is 32.1 Å². The van der Waals surface area contributed by atoms with Crippen LogP contribution < -0.4 is 5.73 Å². The maximum absolute atomic E-state index is 5.73. The molecule has 0 bridgehead atoms. The summed E-state index contributed by atoms with van der Waals surface area (Å²) >= 11 is 0. The average molecular weight is 214 g/mol. The molecule has 0 aromatic carbocycles. The predicted molar refractivity (Wildman–Crippen MR) is 66.8 cm³/mol. The molecule has 2 N–H and O–H groups in total. The van der Waals surface area contributed by atoms with E-state index in [1.807, 2.05) is 0 Å². The molecule has 0 amide bonds. The van der Waals surface area contributed by atoms with Crippen LogP contribution in [0.15, 0.2) is 24.4 Å². The normalized spacial score (nSPS) is 15.3. The topological polar surface area (TPSA) is 30.4 Å². The molecule has 1 aliphatic rings. The summed E-state index contributed by atoms with van der Waals surface area (Å²) in [4.78, 5) is 0. The fraction of sp³-hybridized carbons (Fsp3) is 0.429. The molecule has 1 aliphatic carbocycles. The van der Waals surface area contributed by atoms with Crippen molar-refractivity contribution in [1.82, 2.24) is 4.40 Å². The highest BCUT2D eigenvalue weighted by Gasteiger charge is 2.19. The summed E-state index contributed by atoms with van der Waals surface area (Å²) in [5, 5.41) is 0. The van der Waals surface area contributed by atoms with E-state index in [4.69, 9.17) is 5.73 Å². The highest BCUT2D eigenvalue weighted by Crippen LogP contribution is 2.30. The molecule has 0 atom stereocenters. The number of pyridine rings is 1. The summed E-state index contributed by atoms with van der Waals surface area (Å²) in [5.41, 5.74) is 11.7. The van der Waals surface area contributed by atoms with Crippen molar-refractivity contribution in [1.29, 1.82) is 0 Å². The summed E-state index contributed by atoms with van der Waals surface area (Å²) in [6.07, 6.45) is 8.34. The molecule has 2 heterocycles. The summed E-state index contributed by atoms with van der Waals surface area (Å²) < 4.78 is 2.37. The zero-order valence-corrected chi connectivity index (χ0v) is 9.58. The summed E-state index contributed by atoms with van der Waals surface area (Å²) in [7, 11) is 0. The van der Waals surface area contributed by atoms with Gasteiger partial charge < -0.3 is 10.1 Å². The van der Waals surface area contributed by atoms with E-state index in [0.29, 0.717) is 0 Å². The first-order valence-electron chi connectivity index (χ1n) is 6.21. The molecule has 84 valence electrons. The monoisotopic (exact) mass is 214 g/mol. The van der Waals surface area contributed by atoms with Crippen LogP contribution in [0.2, 0.25) is 0 Å². The molecule has 3 rings (SSSR count). The summed E-state index contributed by atoms with van der Waals surface area (Å²) in [5.74, 6) is 0. The van der Waals surface area contributed by atoms with E-state index in [9.17, 15) is 0 Å². The lowest BCUT2D eigenvalue weighted by Gasteiger charge is -2.13. The van der Waals surface area contributed by atoms with Gasteiger partial charge in [-0.15, -0.1) is 0 Å². The van der Waals surface area contributed by atoms with Gasteiger partial charge in [0.15, 0.2) is 0 Å². The quantitative estimate of drug-likeness (QED) is 0.817. The number of rotatable bonds is 2. The third-order valence-corrected chi connectivity index (χ3v) is 3.66. The number of aromatic nitrogens is 1. The van der Waals surface area contributed by atoms with Crippen molar-refractivity contribution >= 4 is 5.52 Å². The molecule has 16 heavy (non-hydrogen) atoms. The molecular formula is C14H18N2. The van der Waals surface area contributed by atoms with E-state index >= 15 is 0 Å². The lowest BCUT2D eigenvalue weighted by molar-refractivity contribution is 0.665. The second-order valence-electron chi connectivity index (χ2n) is 4.61. The first kappa shape index (κ1) is 9.91. The zero-order valence-electron chi connectivity index (χ0n) is 9.58. The second-order valence-corrected chi connectivity index (χ2v) is 4.61. The van der Waals surface area contributed by atoms with Gasteiger partial charge in [0.25, 0.3) is 0 Å². The molecule has 2 aromatic heterocycles. The maximum atomic E-state index is 5.73. The van der Waals surface area contributed by atoms with Gasteiger partial charge in [-0.2, -0.15) is 0 Å². The van der Waals surface area contributed by atoms with E-state index in [0.717, 1.165) is 13.0 Å². The van der Waals surface area contributed by atoms with Crippen molar-refractivity contribution in [3.63, 3.8) is 0 Å². The molecule has 2 nitrogen and oxygen atoms in total. The van der Waals surface area contributed by atoms with E-state index < -0.39 is 0 Å². The molecule has 0 saturated carbocycles. The Morgan fingerprint density at radius 1 is 1.19 bits per heavy atom. The van der Waals surface area contributed by atoms with Gasteiger partial charge in [0.1, 0.15) is 0 Å². The van der Waals surface area contributed by atoms with Gasteiger partial charge in [-0.05, 0) is 61.9 Å². The largest absolute Gasteiger partial charge is 0.330 e.